The fourth-order valence-corrected chi connectivity index (χ4v) is 2.11. The number of rotatable bonds is 4. The maximum atomic E-state index is 14.4. The fraction of sp³-hybridized carbons (Fsp3) is 0.467. The Kier molecular flexibility index (Phi) is 5.77. The molecule has 0 aromatic heterocycles. The largest absolute Gasteiger partial charge is 0.478 e. The third-order valence-corrected chi connectivity index (χ3v) is 3.12. The van der Waals surface area contributed by atoms with E-state index < -0.39 is 35.1 Å². The Morgan fingerprint density at radius 3 is 2.45 bits per heavy atom. The van der Waals surface area contributed by atoms with Gasteiger partial charge in [0.05, 0.1) is 11.1 Å². The molecule has 1 amide bonds. The van der Waals surface area contributed by atoms with Crippen molar-refractivity contribution in [3.05, 3.63) is 34.1 Å². The van der Waals surface area contributed by atoms with Crippen molar-refractivity contribution in [2.45, 2.75) is 45.8 Å². The maximum absolute atomic E-state index is 14.4. The number of hydrogen-bond donors (Lipinski definition) is 2. The Balaban J connectivity index is 3.09. The predicted molar refractivity (Wildman–Crippen MR) is 80.8 cm³/mol. The maximum Gasteiger partial charge on any atom is 0.408 e. The number of aromatic carboxylic acids is 1. The first-order valence-corrected chi connectivity index (χ1v) is 7.15. The lowest BCUT2D eigenvalue weighted by molar-refractivity contribution is 0.0501. The smallest absolute Gasteiger partial charge is 0.408 e. The van der Waals surface area contributed by atoms with Gasteiger partial charge >= 0.3 is 12.1 Å². The minimum Gasteiger partial charge on any atom is -0.478 e. The molecule has 0 saturated heterocycles. The molecule has 0 radical (unpaired) electrons. The summed E-state index contributed by atoms with van der Waals surface area (Å²) in [7, 11) is 0. The first-order chi connectivity index (χ1) is 10.1. The van der Waals surface area contributed by atoms with Crippen LogP contribution >= 0.6 is 11.6 Å². The zero-order valence-corrected chi connectivity index (χ0v) is 13.6. The summed E-state index contributed by atoms with van der Waals surface area (Å²) in [4.78, 5) is 22.9. The number of nitrogens with one attached hydrogen (secondary N) is 1. The van der Waals surface area contributed by atoms with Crippen LogP contribution < -0.4 is 5.32 Å². The van der Waals surface area contributed by atoms with E-state index in [0.717, 1.165) is 0 Å². The van der Waals surface area contributed by atoms with Crippen LogP contribution in [0.3, 0.4) is 0 Å². The highest BCUT2D eigenvalue weighted by atomic mass is 35.5. The van der Waals surface area contributed by atoms with Gasteiger partial charge in [-0.1, -0.05) is 24.6 Å². The van der Waals surface area contributed by atoms with Crippen molar-refractivity contribution >= 4 is 23.7 Å². The summed E-state index contributed by atoms with van der Waals surface area (Å²) in [6, 6.07) is 1.93. The Labute approximate surface area is 133 Å². The molecule has 1 aromatic rings. The molecule has 7 heteroatoms. The molecule has 122 valence electrons. The van der Waals surface area contributed by atoms with Crippen LogP contribution in [0.4, 0.5) is 9.18 Å². The lowest BCUT2D eigenvalue weighted by atomic mass is 10.0. The molecule has 0 aliphatic rings. The van der Waals surface area contributed by atoms with Crippen LogP contribution in [0.5, 0.6) is 0 Å². The SMILES string of the molecule is CC[C@@H](NC(=O)OC(C)(C)C)c1ccc(Cl)c(C(=O)O)c1F. The lowest BCUT2D eigenvalue weighted by Crippen LogP contribution is -2.35. The molecular weight excluding hydrogens is 313 g/mol. The van der Waals surface area contributed by atoms with Gasteiger partial charge < -0.3 is 15.2 Å². The van der Waals surface area contributed by atoms with E-state index in [0.29, 0.717) is 6.42 Å². The highest BCUT2D eigenvalue weighted by molar-refractivity contribution is 6.33. The Morgan fingerprint density at radius 2 is 2.00 bits per heavy atom. The molecular formula is C15H19ClFNO4. The van der Waals surface area contributed by atoms with Gasteiger partial charge in [0.2, 0.25) is 0 Å². The van der Waals surface area contributed by atoms with Crippen molar-refractivity contribution in [2.75, 3.05) is 0 Å². The van der Waals surface area contributed by atoms with E-state index in [-0.39, 0.29) is 10.6 Å². The zero-order valence-electron chi connectivity index (χ0n) is 12.9. The highest BCUT2D eigenvalue weighted by Crippen LogP contribution is 2.28. The van der Waals surface area contributed by atoms with Crippen LogP contribution in [-0.2, 0) is 4.74 Å². The normalized spacial score (nSPS) is 12.6. The topological polar surface area (TPSA) is 75.6 Å². The van der Waals surface area contributed by atoms with Crippen molar-refractivity contribution in [3.63, 3.8) is 0 Å². The fourth-order valence-electron chi connectivity index (χ4n) is 1.88. The summed E-state index contributed by atoms with van der Waals surface area (Å²) in [5.74, 6) is -2.42. The number of amides is 1. The highest BCUT2D eigenvalue weighted by Gasteiger charge is 2.25. The molecule has 0 spiro atoms. The lowest BCUT2D eigenvalue weighted by Gasteiger charge is -2.23. The van der Waals surface area contributed by atoms with Gasteiger partial charge in [-0.3, -0.25) is 0 Å². The second-order valence-corrected chi connectivity index (χ2v) is 6.15. The third kappa shape index (κ3) is 4.59. The number of carbonyl (C=O) groups excluding carboxylic acids is 1. The number of ether oxygens (including phenoxy) is 1. The Morgan fingerprint density at radius 1 is 1.41 bits per heavy atom. The minimum absolute atomic E-state index is 0.0511. The van der Waals surface area contributed by atoms with Crippen LogP contribution in [0, 0.1) is 5.82 Å². The second-order valence-electron chi connectivity index (χ2n) is 5.74. The van der Waals surface area contributed by atoms with Crippen molar-refractivity contribution in [2.24, 2.45) is 0 Å². The number of carboxylic acids is 1. The van der Waals surface area contributed by atoms with Crippen molar-refractivity contribution in [1.82, 2.24) is 5.32 Å². The van der Waals surface area contributed by atoms with Gasteiger partial charge in [0.1, 0.15) is 17.0 Å². The van der Waals surface area contributed by atoms with E-state index in [1.54, 1.807) is 27.7 Å². The standard InChI is InChI=1S/C15H19ClFNO4/c1-5-10(18-14(21)22-15(2,3)4)8-6-7-9(16)11(12(8)17)13(19)20/h6-7,10H,5H2,1-4H3,(H,18,21)(H,19,20)/t10-/m1/s1. The molecule has 0 unspecified atom stereocenters. The number of alkyl carbamates (subject to hydrolysis) is 1. The molecule has 0 heterocycles. The molecule has 1 atom stereocenters. The van der Waals surface area contributed by atoms with Gasteiger partial charge in [0.15, 0.2) is 0 Å². The van der Waals surface area contributed by atoms with Gasteiger partial charge in [0, 0.05) is 5.56 Å². The summed E-state index contributed by atoms with van der Waals surface area (Å²) in [6.45, 7) is 6.85. The second kappa shape index (κ2) is 6.96. The first kappa shape index (κ1) is 18.2. The van der Waals surface area contributed by atoms with E-state index in [9.17, 15) is 14.0 Å². The number of hydrogen-bond acceptors (Lipinski definition) is 3. The summed E-state index contributed by atoms with van der Waals surface area (Å²) >= 11 is 5.70. The van der Waals surface area contributed by atoms with E-state index in [4.69, 9.17) is 21.4 Å². The molecule has 22 heavy (non-hydrogen) atoms. The van der Waals surface area contributed by atoms with Crippen molar-refractivity contribution < 1.29 is 23.8 Å². The van der Waals surface area contributed by atoms with E-state index in [1.165, 1.54) is 12.1 Å². The van der Waals surface area contributed by atoms with Crippen LogP contribution in [0.1, 0.15) is 56.1 Å². The summed E-state index contributed by atoms with van der Waals surface area (Å²) in [6.07, 6.45) is -0.345. The first-order valence-electron chi connectivity index (χ1n) is 6.77. The number of benzene rings is 1. The number of carbonyl (C=O) groups is 2. The van der Waals surface area contributed by atoms with Gasteiger partial charge in [-0.05, 0) is 33.3 Å². The van der Waals surface area contributed by atoms with Gasteiger partial charge in [-0.15, -0.1) is 0 Å². The molecule has 0 saturated carbocycles. The van der Waals surface area contributed by atoms with Crippen LogP contribution in [0.2, 0.25) is 5.02 Å². The van der Waals surface area contributed by atoms with E-state index >= 15 is 0 Å². The minimum atomic E-state index is -1.46. The number of halogens is 2. The van der Waals surface area contributed by atoms with E-state index in [1.807, 2.05) is 0 Å². The molecule has 5 nitrogen and oxygen atoms in total. The Hall–Kier alpha value is -1.82. The third-order valence-electron chi connectivity index (χ3n) is 2.81. The summed E-state index contributed by atoms with van der Waals surface area (Å²) in [5, 5.41) is 11.4. The molecule has 1 rings (SSSR count). The molecule has 0 fully saturated rings. The van der Waals surface area contributed by atoms with Crippen molar-refractivity contribution in [1.29, 1.82) is 0 Å². The molecule has 0 bridgehead atoms. The monoisotopic (exact) mass is 331 g/mol. The average Bonchev–Trinajstić information content (AvgIpc) is 2.34. The van der Waals surface area contributed by atoms with Gasteiger partial charge in [0.25, 0.3) is 0 Å². The molecule has 1 aromatic carbocycles. The zero-order chi connectivity index (χ0) is 17.1. The molecule has 0 aliphatic carbocycles. The molecule has 2 N–H and O–H groups in total. The predicted octanol–water partition coefficient (Wildman–Crippen LogP) is 4.15. The molecule has 0 aliphatic heterocycles. The van der Waals surface area contributed by atoms with Crippen molar-refractivity contribution in [3.8, 4) is 0 Å². The van der Waals surface area contributed by atoms with Gasteiger partial charge in [-0.25, -0.2) is 14.0 Å². The van der Waals surface area contributed by atoms with Crippen LogP contribution in [0.15, 0.2) is 12.1 Å². The average molecular weight is 332 g/mol. The quantitative estimate of drug-likeness (QED) is 0.868. The van der Waals surface area contributed by atoms with Crippen LogP contribution in [-0.4, -0.2) is 22.8 Å². The Bertz CT molecular complexity index is 584. The number of carboxylic acid groups (broad SMARTS) is 1. The van der Waals surface area contributed by atoms with Gasteiger partial charge in [-0.2, -0.15) is 0 Å². The summed E-state index contributed by atoms with van der Waals surface area (Å²) in [5.41, 5.74) is -1.24. The van der Waals surface area contributed by atoms with E-state index in [2.05, 4.69) is 5.32 Å². The summed E-state index contributed by atoms with van der Waals surface area (Å²) < 4.78 is 19.5. The van der Waals surface area contributed by atoms with Crippen LogP contribution in [0.25, 0.3) is 0 Å².